The van der Waals surface area contributed by atoms with E-state index >= 15 is 0 Å². The molecule has 38 valence electrons. The van der Waals surface area contributed by atoms with E-state index in [1.54, 1.807) is 0 Å². The summed E-state index contributed by atoms with van der Waals surface area (Å²) in [7, 11) is 0. The van der Waals surface area contributed by atoms with Crippen molar-refractivity contribution in [3.8, 4) is 0 Å². The highest BCUT2D eigenvalue weighted by Crippen LogP contribution is 1.98. The normalized spacial score (nSPS) is 20.0. The molecule has 0 aromatic rings. The summed E-state index contributed by atoms with van der Waals surface area (Å²) < 4.78 is 4.94. The Labute approximate surface area is 42.7 Å². The van der Waals surface area contributed by atoms with E-state index in [2.05, 4.69) is 0 Å². The fourth-order valence-corrected chi connectivity index (χ4v) is 0.510. The van der Waals surface area contributed by atoms with Crippen LogP contribution in [0.25, 0.3) is 0 Å². The average molecular weight is 104 g/mol. The van der Waals surface area contributed by atoms with Crippen LogP contribution in [0.3, 0.4) is 0 Å². The van der Waals surface area contributed by atoms with Crippen LogP contribution in [-0.2, 0) is 4.74 Å². The Hall–Kier alpha value is 0.177. The van der Waals surface area contributed by atoms with E-state index in [-0.39, 0.29) is 11.0 Å². The molecule has 0 unspecified atom stereocenters. The molecule has 1 fully saturated rings. The summed E-state index contributed by atoms with van der Waals surface area (Å²) >= 11 is 0. The third-order valence-electron chi connectivity index (χ3n) is 0.827. The molecule has 0 saturated carbocycles. The van der Waals surface area contributed by atoms with Crippen molar-refractivity contribution in [2.75, 3.05) is 13.2 Å². The lowest BCUT2D eigenvalue weighted by Gasteiger charge is -1.76. The number of hydrogen-bond acceptors (Lipinski definition) is 1. The van der Waals surface area contributed by atoms with Crippen molar-refractivity contribution in [2.45, 2.75) is 12.8 Å². The van der Waals surface area contributed by atoms with Crippen LogP contribution in [-0.4, -0.2) is 24.2 Å². The molecule has 1 aliphatic heterocycles. The highest BCUT2D eigenvalue weighted by molar-refractivity contribution is 5.75. The quantitative estimate of drug-likeness (QED) is 0.371. The van der Waals surface area contributed by atoms with Gasteiger partial charge < -0.3 is 4.74 Å². The zero-order valence-corrected chi connectivity index (χ0v) is 3.24. The second-order valence-electron chi connectivity index (χ2n) is 1.32. The van der Waals surface area contributed by atoms with E-state index in [0.29, 0.717) is 0 Å². The summed E-state index contributed by atoms with van der Waals surface area (Å²) in [5, 5.41) is 0. The molecule has 0 atom stereocenters. The monoisotopic (exact) mass is 104 g/mol. The van der Waals surface area contributed by atoms with Crippen molar-refractivity contribution in [3.63, 3.8) is 0 Å². The van der Waals surface area contributed by atoms with Gasteiger partial charge in [0.1, 0.15) is 0 Å². The third kappa shape index (κ3) is 1.57. The van der Waals surface area contributed by atoms with Crippen LogP contribution in [0.1, 0.15) is 12.8 Å². The van der Waals surface area contributed by atoms with Gasteiger partial charge in [-0.3, -0.25) is 0 Å². The van der Waals surface area contributed by atoms with Crippen molar-refractivity contribution in [1.29, 1.82) is 0 Å². The zero-order valence-electron chi connectivity index (χ0n) is 3.24. The molecule has 0 aliphatic carbocycles. The maximum absolute atomic E-state index is 4.94. The Morgan fingerprint density at radius 2 is 1.50 bits per heavy atom. The first-order valence-corrected chi connectivity index (χ1v) is 2.08. The average Bonchev–Trinajstić information content (AvgIpc) is 1.76. The van der Waals surface area contributed by atoms with Gasteiger partial charge in [-0.1, -0.05) is 0 Å². The lowest BCUT2D eigenvalue weighted by atomic mass is 10.4. The standard InChI is InChI=1S/C4H8O.H4Si/c1-2-4-5-3-1;/h1-4H2;1H4. The van der Waals surface area contributed by atoms with Crippen molar-refractivity contribution >= 4 is 11.0 Å². The van der Waals surface area contributed by atoms with Gasteiger partial charge in [0.15, 0.2) is 0 Å². The zero-order chi connectivity index (χ0) is 3.54. The van der Waals surface area contributed by atoms with Crippen LogP contribution in [0.5, 0.6) is 0 Å². The molecule has 1 nitrogen and oxygen atoms in total. The Morgan fingerprint density at radius 1 is 1.00 bits per heavy atom. The van der Waals surface area contributed by atoms with E-state index in [4.69, 9.17) is 4.74 Å². The Morgan fingerprint density at radius 3 is 1.67 bits per heavy atom. The van der Waals surface area contributed by atoms with Crippen molar-refractivity contribution < 1.29 is 4.74 Å². The van der Waals surface area contributed by atoms with Crippen LogP contribution in [0.2, 0.25) is 0 Å². The van der Waals surface area contributed by atoms with Gasteiger partial charge in [-0.2, -0.15) is 0 Å². The Balaban J connectivity index is 0.000000250. The van der Waals surface area contributed by atoms with E-state index in [9.17, 15) is 0 Å². The lowest BCUT2D eigenvalue weighted by molar-refractivity contribution is 0.198. The summed E-state index contributed by atoms with van der Waals surface area (Å²) in [5.41, 5.74) is 0. The molecule has 0 bridgehead atoms. The molecule has 1 rings (SSSR count). The maximum atomic E-state index is 4.94. The highest BCUT2D eigenvalue weighted by Gasteiger charge is 1.94. The molecule has 1 saturated heterocycles. The predicted molar refractivity (Wildman–Crippen MR) is 31.4 cm³/mol. The molecule has 6 heavy (non-hydrogen) atoms. The fraction of sp³-hybridized carbons (Fsp3) is 1.00. The minimum absolute atomic E-state index is 0. The van der Waals surface area contributed by atoms with Crippen molar-refractivity contribution in [2.24, 2.45) is 0 Å². The van der Waals surface area contributed by atoms with E-state index in [0.717, 1.165) is 13.2 Å². The molecule has 0 N–H and O–H groups in total. The first-order chi connectivity index (χ1) is 2.50. The SMILES string of the molecule is C1CCOC1.[SiH4]. The largest absolute Gasteiger partial charge is 0.381 e. The predicted octanol–water partition coefficient (Wildman–Crippen LogP) is -0.655. The van der Waals surface area contributed by atoms with Gasteiger partial charge in [-0.25, -0.2) is 0 Å². The molecule has 1 heterocycles. The summed E-state index contributed by atoms with van der Waals surface area (Å²) in [5.74, 6) is 0. The Kier molecular flexibility index (Phi) is 3.47. The van der Waals surface area contributed by atoms with Crippen LogP contribution in [0.4, 0.5) is 0 Å². The van der Waals surface area contributed by atoms with Crippen LogP contribution in [0, 0.1) is 0 Å². The van der Waals surface area contributed by atoms with Gasteiger partial charge in [-0.05, 0) is 23.8 Å². The summed E-state index contributed by atoms with van der Waals surface area (Å²) in [6.07, 6.45) is 2.56. The van der Waals surface area contributed by atoms with Gasteiger partial charge in [0.25, 0.3) is 0 Å². The summed E-state index contributed by atoms with van der Waals surface area (Å²) in [6, 6.07) is 0. The number of ether oxygens (including phenoxy) is 1. The first-order valence-electron chi connectivity index (χ1n) is 2.08. The smallest absolute Gasteiger partial charge is 0.0466 e. The lowest BCUT2D eigenvalue weighted by Crippen LogP contribution is -1.74. The van der Waals surface area contributed by atoms with Crippen molar-refractivity contribution in [3.05, 3.63) is 0 Å². The van der Waals surface area contributed by atoms with E-state index in [1.807, 2.05) is 0 Å². The molecule has 0 radical (unpaired) electrons. The van der Waals surface area contributed by atoms with Gasteiger partial charge in [0, 0.05) is 13.2 Å². The third-order valence-corrected chi connectivity index (χ3v) is 0.827. The number of hydrogen-bond donors (Lipinski definition) is 0. The first kappa shape index (κ1) is 6.18. The van der Waals surface area contributed by atoms with Gasteiger partial charge in [0.05, 0.1) is 0 Å². The van der Waals surface area contributed by atoms with Gasteiger partial charge in [0.2, 0.25) is 0 Å². The van der Waals surface area contributed by atoms with E-state index < -0.39 is 0 Å². The second kappa shape index (κ2) is 3.37. The molecule has 2 heteroatoms. The van der Waals surface area contributed by atoms with Gasteiger partial charge in [-0.15, -0.1) is 0 Å². The highest BCUT2D eigenvalue weighted by atomic mass is 28.1. The van der Waals surface area contributed by atoms with Crippen molar-refractivity contribution in [1.82, 2.24) is 0 Å². The van der Waals surface area contributed by atoms with Crippen LogP contribution < -0.4 is 0 Å². The second-order valence-corrected chi connectivity index (χ2v) is 1.32. The Bertz CT molecular complexity index is 19.1. The number of rotatable bonds is 0. The minimum Gasteiger partial charge on any atom is -0.381 e. The molecule has 0 aromatic carbocycles. The molecule has 0 spiro atoms. The van der Waals surface area contributed by atoms with Gasteiger partial charge >= 0.3 is 0 Å². The summed E-state index contributed by atoms with van der Waals surface area (Å²) in [6.45, 7) is 2.00. The molecule has 1 aliphatic rings. The van der Waals surface area contributed by atoms with E-state index in [1.165, 1.54) is 12.8 Å². The molecule has 0 amide bonds. The maximum Gasteiger partial charge on any atom is 0.0466 e. The topological polar surface area (TPSA) is 9.23 Å². The minimum atomic E-state index is 0. The fourth-order valence-electron chi connectivity index (χ4n) is 0.510. The summed E-state index contributed by atoms with van der Waals surface area (Å²) in [4.78, 5) is 0. The molecular formula is C4H12OSi. The van der Waals surface area contributed by atoms with Crippen LogP contribution >= 0.6 is 0 Å². The molecule has 0 aromatic heterocycles. The van der Waals surface area contributed by atoms with Crippen LogP contribution in [0.15, 0.2) is 0 Å². The molecular weight excluding hydrogens is 92.1 g/mol.